The van der Waals surface area contributed by atoms with E-state index in [0.29, 0.717) is 34.9 Å². The van der Waals surface area contributed by atoms with Gasteiger partial charge < -0.3 is 9.64 Å². The Hall–Kier alpha value is -1.42. The first-order chi connectivity index (χ1) is 16.6. The van der Waals surface area contributed by atoms with Crippen LogP contribution in [0.3, 0.4) is 0 Å². The van der Waals surface area contributed by atoms with Crippen LogP contribution in [-0.4, -0.2) is 62.6 Å². The normalized spacial score (nSPS) is 18.5. The number of sulfonamides is 1. The molecule has 1 N–H and O–H groups in total. The van der Waals surface area contributed by atoms with Crippen molar-refractivity contribution in [3.8, 4) is 5.75 Å². The molecule has 2 fully saturated rings. The highest BCUT2D eigenvalue weighted by molar-refractivity contribution is 7.90. The molecule has 4 rings (SSSR count). The van der Waals surface area contributed by atoms with Gasteiger partial charge in [0.1, 0.15) is 11.9 Å². The molecular formula is C23H25Cl4N3O4S. The Morgan fingerprint density at radius 3 is 2.09 bits per heavy atom. The Morgan fingerprint density at radius 2 is 1.49 bits per heavy atom. The van der Waals surface area contributed by atoms with E-state index in [-0.39, 0.29) is 21.0 Å². The summed E-state index contributed by atoms with van der Waals surface area (Å²) in [4.78, 5) is 16.4. The molecule has 0 aromatic heterocycles. The van der Waals surface area contributed by atoms with Crippen molar-refractivity contribution in [1.82, 2.24) is 14.5 Å². The first-order valence-corrected chi connectivity index (χ1v) is 14.2. The summed E-state index contributed by atoms with van der Waals surface area (Å²) in [5.74, 6) is 0.715. The molecule has 0 saturated carbocycles. The van der Waals surface area contributed by atoms with E-state index >= 15 is 0 Å². The van der Waals surface area contributed by atoms with Gasteiger partial charge in [0.15, 0.2) is 0 Å². The van der Waals surface area contributed by atoms with Gasteiger partial charge in [0.2, 0.25) is 0 Å². The monoisotopic (exact) mass is 579 g/mol. The lowest BCUT2D eigenvalue weighted by molar-refractivity contribution is 0.0540. The molecule has 0 aliphatic carbocycles. The smallest absolute Gasteiger partial charge is 0.331 e. The maximum atomic E-state index is 12.6. The molecule has 0 unspecified atom stereocenters. The molecule has 7 nitrogen and oxygen atoms in total. The van der Waals surface area contributed by atoms with E-state index in [1.807, 2.05) is 6.07 Å². The average molecular weight is 581 g/mol. The van der Waals surface area contributed by atoms with Crippen LogP contribution in [0.4, 0.5) is 4.79 Å². The second kappa shape index (κ2) is 11.3. The fourth-order valence-corrected chi connectivity index (χ4v) is 6.44. The minimum absolute atomic E-state index is 0.111. The summed E-state index contributed by atoms with van der Waals surface area (Å²) in [6, 6.07) is 8.92. The summed E-state index contributed by atoms with van der Waals surface area (Å²) in [6.45, 7) is 2.74. The van der Waals surface area contributed by atoms with Crippen molar-refractivity contribution in [2.75, 3.05) is 26.2 Å². The number of carbonyl (C=O) groups excluding carboxylic acids is 1. The number of rotatable bonds is 5. The van der Waals surface area contributed by atoms with Crippen LogP contribution in [0.15, 0.2) is 41.3 Å². The number of benzene rings is 2. The molecule has 2 aromatic rings. The number of carbonyl (C=O) groups is 1. The summed E-state index contributed by atoms with van der Waals surface area (Å²) < 4.78 is 33.4. The van der Waals surface area contributed by atoms with Gasteiger partial charge in [0.25, 0.3) is 10.0 Å². The third kappa shape index (κ3) is 6.87. The van der Waals surface area contributed by atoms with Gasteiger partial charge in [-0.1, -0.05) is 46.4 Å². The van der Waals surface area contributed by atoms with Crippen molar-refractivity contribution >= 4 is 62.5 Å². The maximum Gasteiger partial charge on any atom is 0.331 e. The van der Waals surface area contributed by atoms with Gasteiger partial charge in [-0.3, -0.25) is 4.90 Å². The second-order valence-electron chi connectivity index (χ2n) is 8.66. The highest BCUT2D eigenvalue weighted by Gasteiger charge is 2.31. The van der Waals surface area contributed by atoms with Gasteiger partial charge in [-0.15, -0.1) is 0 Å². The molecule has 0 atom stereocenters. The van der Waals surface area contributed by atoms with Crippen molar-refractivity contribution in [3.63, 3.8) is 0 Å². The van der Waals surface area contributed by atoms with Crippen molar-refractivity contribution in [3.05, 3.63) is 56.5 Å². The third-order valence-corrected chi connectivity index (χ3v) is 8.78. The molecule has 0 bridgehead atoms. The van der Waals surface area contributed by atoms with Crippen LogP contribution in [-0.2, 0) is 10.0 Å². The summed E-state index contributed by atoms with van der Waals surface area (Å²) in [5.41, 5.74) is 0. The van der Waals surface area contributed by atoms with Gasteiger partial charge in [-0.25, -0.2) is 17.9 Å². The highest BCUT2D eigenvalue weighted by atomic mass is 35.5. The predicted octanol–water partition coefficient (Wildman–Crippen LogP) is 5.71. The van der Waals surface area contributed by atoms with Crippen LogP contribution < -0.4 is 9.46 Å². The number of ether oxygens (including phenoxy) is 1. The van der Waals surface area contributed by atoms with Crippen molar-refractivity contribution < 1.29 is 17.9 Å². The molecule has 2 amide bonds. The minimum atomic E-state index is -4.08. The molecule has 0 spiro atoms. The highest BCUT2D eigenvalue weighted by Crippen LogP contribution is 2.29. The molecular weight excluding hydrogens is 556 g/mol. The fourth-order valence-electron chi connectivity index (χ4n) is 4.46. The van der Waals surface area contributed by atoms with E-state index < -0.39 is 16.1 Å². The Kier molecular flexibility index (Phi) is 8.61. The summed E-state index contributed by atoms with van der Waals surface area (Å²) in [5, 5.41) is 1.33. The molecule has 35 heavy (non-hydrogen) atoms. The van der Waals surface area contributed by atoms with Crippen LogP contribution in [0, 0.1) is 0 Å². The van der Waals surface area contributed by atoms with Crippen molar-refractivity contribution in [2.45, 2.75) is 42.7 Å². The van der Waals surface area contributed by atoms with E-state index in [4.69, 9.17) is 51.1 Å². The number of amides is 2. The Morgan fingerprint density at radius 1 is 0.857 bits per heavy atom. The van der Waals surface area contributed by atoms with Gasteiger partial charge in [-0.2, -0.15) is 0 Å². The Balaban J connectivity index is 1.24. The van der Waals surface area contributed by atoms with E-state index in [2.05, 4.69) is 9.62 Å². The SMILES string of the molecule is O=C(NS(=O)(=O)c1cc(Cl)cc(Cl)c1)N1CCC(N2CCC(Oc3ccc(Cl)c(Cl)c3)CC2)CC1. The van der Waals surface area contributed by atoms with Crippen LogP contribution >= 0.6 is 46.4 Å². The van der Waals surface area contributed by atoms with Gasteiger partial charge in [0.05, 0.1) is 14.9 Å². The lowest BCUT2D eigenvalue weighted by atomic mass is 9.99. The largest absolute Gasteiger partial charge is 0.490 e. The standard InChI is InChI=1S/C23H25Cl4N3O4S/c24-15-11-16(25)13-20(12-15)35(32,33)28-23(31)30-7-3-17(4-8-30)29-9-5-18(6-10-29)34-19-1-2-21(26)22(27)14-19/h1-2,11-14,17-18H,3-10H2,(H,28,31). The quantitative estimate of drug-likeness (QED) is 0.490. The summed E-state index contributed by atoms with van der Waals surface area (Å²) in [6.07, 6.45) is 3.44. The summed E-state index contributed by atoms with van der Waals surface area (Å²) >= 11 is 23.8. The summed E-state index contributed by atoms with van der Waals surface area (Å²) in [7, 11) is -4.08. The van der Waals surface area contributed by atoms with Crippen LogP contribution in [0.5, 0.6) is 5.75 Å². The zero-order valence-electron chi connectivity index (χ0n) is 18.7. The fraction of sp³-hybridized carbons (Fsp3) is 0.435. The minimum Gasteiger partial charge on any atom is -0.490 e. The molecule has 2 aliphatic heterocycles. The molecule has 2 aromatic carbocycles. The Labute approximate surface area is 225 Å². The van der Waals surface area contributed by atoms with Crippen molar-refractivity contribution in [2.24, 2.45) is 0 Å². The third-order valence-electron chi connectivity index (χ3n) is 6.31. The molecule has 2 aliphatic rings. The molecule has 190 valence electrons. The van der Waals surface area contributed by atoms with Gasteiger partial charge in [0, 0.05) is 48.3 Å². The van der Waals surface area contributed by atoms with Crippen LogP contribution in [0.1, 0.15) is 25.7 Å². The lowest BCUT2D eigenvalue weighted by Crippen LogP contribution is -2.52. The topological polar surface area (TPSA) is 79.0 Å². The second-order valence-corrected chi connectivity index (χ2v) is 12.0. The number of piperidine rings is 2. The van der Waals surface area contributed by atoms with Crippen LogP contribution in [0.2, 0.25) is 20.1 Å². The van der Waals surface area contributed by atoms with Gasteiger partial charge in [-0.05, 0) is 56.0 Å². The number of hydrogen-bond donors (Lipinski definition) is 1. The lowest BCUT2D eigenvalue weighted by Gasteiger charge is -2.41. The number of nitrogens with one attached hydrogen (secondary N) is 1. The van der Waals surface area contributed by atoms with E-state index in [9.17, 15) is 13.2 Å². The molecule has 2 heterocycles. The molecule has 2 saturated heterocycles. The van der Waals surface area contributed by atoms with Crippen molar-refractivity contribution in [1.29, 1.82) is 0 Å². The number of hydrogen-bond acceptors (Lipinski definition) is 5. The Bertz CT molecular complexity index is 1160. The first kappa shape index (κ1) is 26.6. The maximum absolute atomic E-state index is 12.6. The number of likely N-dealkylation sites (tertiary alicyclic amines) is 2. The van der Waals surface area contributed by atoms with E-state index in [1.165, 1.54) is 23.1 Å². The zero-order valence-corrected chi connectivity index (χ0v) is 22.6. The van der Waals surface area contributed by atoms with E-state index in [0.717, 1.165) is 38.8 Å². The van der Waals surface area contributed by atoms with Gasteiger partial charge >= 0.3 is 6.03 Å². The zero-order chi connectivity index (χ0) is 25.2. The number of nitrogens with zero attached hydrogens (tertiary/aromatic N) is 2. The number of halogens is 4. The predicted molar refractivity (Wildman–Crippen MR) is 138 cm³/mol. The average Bonchev–Trinajstić information content (AvgIpc) is 2.81. The molecule has 12 heteroatoms. The van der Waals surface area contributed by atoms with E-state index in [1.54, 1.807) is 12.1 Å². The van der Waals surface area contributed by atoms with Crippen LogP contribution in [0.25, 0.3) is 0 Å². The first-order valence-electron chi connectivity index (χ1n) is 11.2. The number of urea groups is 1. The molecule has 0 radical (unpaired) electrons.